The molecule has 0 atom stereocenters. The number of benzene rings is 1. The van der Waals surface area contributed by atoms with E-state index < -0.39 is 33.7 Å². The van der Waals surface area contributed by atoms with Crippen molar-refractivity contribution in [3.63, 3.8) is 0 Å². The van der Waals surface area contributed by atoms with E-state index in [0.29, 0.717) is 6.07 Å². The summed E-state index contributed by atoms with van der Waals surface area (Å²) in [6, 6.07) is 0.324. The van der Waals surface area contributed by atoms with Crippen LogP contribution in [0.4, 0.5) is 24.5 Å². The quantitative estimate of drug-likeness (QED) is 0.363. The van der Waals surface area contributed by atoms with Crippen molar-refractivity contribution in [1.82, 2.24) is 0 Å². The zero-order chi connectivity index (χ0) is 11.6. The van der Waals surface area contributed by atoms with E-state index in [1.165, 1.54) is 0 Å². The Balaban J connectivity index is 3.50. The molecule has 15 heavy (non-hydrogen) atoms. The summed E-state index contributed by atoms with van der Waals surface area (Å²) in [4.78, 5) is 19.0. The van der Waals surface area contributed by atoms with Gasteiger partial charge in [0, 0.05) is 6.07 Å². The van der Waals surface area contributed by atoms with E-state index >= 15 is 0 Å². The molecule has 1 amide bonds. The van der Waals surface area contributed by atoms with E-state index in [4.69, 9.17) is 0 Å². The molecule has 0 spiro atoms. The maximum Gasteiger partial charge on any atom is 0.331 e. The fourth-order valence-corrected chi connectivity index (χ4v) is 0.937. The largest absolute Gasteiger partial charge is 0.331 e. The molecule has 0 aliphatic rings. The molecule has 8 heteroatoms. The summed E-state index contributed by atoms with van der Waals surface area (Å²) in [5.74, 6) is -5.54. The molecular formula is C7H3F3N2O3. The molecule has 0 fully saturated rings. The summed E-state index contributed by atoms with van der Waals surface area (Å²) in [6.45, 7) is 0. The minimum atomic E-state index is -1.96. The Labute approximate surface area is 80.7 Å². The van der Waals surface area contributed by atoms with Crippen molar-refractivity contribution in [3.8, 4) is 0 Å². The van der Waals surface area contributed by atoms with E-state index in [1.807, 2.05) is 0 Å². The van der Waals surface area contributed by atoms with Gasteiger partial charge in [0.2, 0.25) is 18.0 Å². The maximum atomic E-state index is 12.9. The minimum absolute atomic E-state index is 0.0148. The van der Waals surface area contributed by atoms with Crippen molar-refractivity contribution in [1.29, 1.82) is 0 Å². The summed E-state index contributed by atoms with van der Waals surface area (Å²) in [5.41, 5.74) is -2.06. The molecule has 80 valence electrons. The van der Waals surface area contributed by atoms with Crippen LogP contribution in [0.25, 0.3) is 0 Å². The topological polar surface area (TPSA) is 72.2 Å². The molecule has 0 radical (unpaired) electrons. The Hall–Kier alpha value is -2.12. The number of carbonyl (C=O) groups is 1. The average Bonchev–Trinajstić information content (AvgIpc) is 2.14. The molecule has 0 aliphatic carbocycles. The number of carbonyl (C=O) groups excluding carboxylic acids is 1. The molecule has 1 rings (SSSR count). The molecule has 1 N–H and O–H groups in total. The van der Waals surface area contributed by atoms with Gasteiger partial charge >= 0.3 is 5.69 Å². The Morgan fingerprint density at radius 1 is 1.33 bits per heavy atom. The van der Waals surface area contributed by atoms with Crippen molar-refractivity contribution >= 4 is 17.8 Å². The fourth-order valence-electron chi connectivity index (χ4n) is 0.937. The van der Waals surface area contributed by atoms with Crippen molar-refractivity contribution in [2.75, 3.05) is 5.32 Å². The number of nitrogens with zero attached hydrogens (tertiary/aromatic N) is 1. The third-order valence-corrected chi connectivity index (χ3v) is 1.53. The molecule has 0 saturated carbocycles. The predicted octanol–water partition coefficient (Wildman–Crippen LogP) is 1.58. The van der Waals surface area contributed by atoms with Gasteiger partial charge in [-0.05, 0) is 0 Å². The minimum Gasteiger partial charge on any atom is -0.323 e. The third-order valence-electron chi connectivity index (χ3n) is 1.53. The number of nitro benzene ring substituents is 1. The monoisotopic (exact) mass is 220 g/mol. The maximum absolute atomic E-state index is 12.9. The molecule has 0 unspecified atom stereocenters. The van der Waals surface area contributed by atoms with Gasteiger partial charge < -0.3 is 5.32 Å². The Morgan fingerprint density at radius 3 is 2.40 bits per heavy atom. The standard InChI is InChI=1S/C7H3F3N2O3/c8-3-1-4(11-2-13)7(12(14)15)6(10)5(3)9/h1-2H,(H,11,13). The number of anilines is 1. The van der Waals surface area contributed by atoms with Crippen LogP contribution in [0.1, 0.15) is 0 Å². The zero-order valence-electron chi connectivity index (χ0n) is 6.96. The molecule has 0 bridgehead atoms. The van der Waals surface area contributed by atoms with Crippen LogP contribution in [0.5, 0.6) is 0 Å². The second kappa shape index (κ2) is 3.95. The number of nitro groups is 1. The van der Waals surface area contributed by atoms with E-state index in [1.54, 1.807) is 5.32 Å². The second-order valence-electron chi connectivity index (χ2n) is 2.40. The van der Waals surface area contributed by atoms with Crippen molar-refractivity contribution in [2.24, 2.45) is 0 Å². The summed E-state index contributed by atoms with van der Waals surface area (Å²) in [5, 5.41) is 12.0. The highest BCUT2D eigenvalue weighted by Gasteiger charge is 2.27. The van der Waals surface area contributed by atoms with Gasteiger partial charge in [-0.25, -0.2) is 8.78 Å². The number of hydrogen-bond acceptors (Lipinski definition) is 3. The molecule has 5 nitrogen and oxygen atoms in total. The number of nitrogens with one attached hydrogen (secondary N) is 1. The molecular weight excluding hydrogens is 217 g/mol. The van der Waals surface area contributed by atoms with E-state index in [0.717, 1.165) is 0 Å². The van der Waals surface area contributed by atoms with Crippen LogP contribution in [-0.2, 0) is 4.79 Å². The molecule has 0 heterocycles. The predicted molar refractivity (Wildman–Crippen MR) is 42.7 cm³/mol. The van der Waals surface area contributed by atoms with E-state index in [2.05, 4.69) is 0 Å². The number of halogens is 3. The molecule has 1 aromatic carbocycles. The van der Waals surface area contributed by atoms with Gasteiger partial charge in [0.25, 0.3) is 0 Å². The first-order valence-electron chi connectivity index (χ1n) is 3.51. The number of amides is 1. The van der Waals surface area contributed by atoms with Gasteiger partial charge in [-0.2, -0.15) is 4.39 Å². The highest BCUT2D eigenvalue weighted by molar-refractivity contribution is 5.77. The summed E-state index contributed by atoms with van der Waals surface area (Å²) >= 11 is 0. The second-order valence-corrected chi connectivity index (χ2v) is 2.40. The lowest BCUT2D eigenvalue weighted by molar-refractivity contribution is -0.386. The highest BCUT2D eigenvalue weighted by Crippen LogP contribution is 2.30. The summed E-state index contributed by atoms with van der Waals surface area (Å²) < 4.78 is 38.1. The van der Waals surface area contributed by atoms with Crippen LogP contribution in [-0.4, -0.2) is 11.3 Å². The van der Waals surface area contributed by atoms with Gasteiger partial charge in [0.15, 0.2) is 5.82 Å². The van der Waals surface area contributed by atoms with Crippen molar-refractivity contribution < 1.29 is 22.9 Å². The average molecular weight is 220 g/mol. The lowest BCUT2D eigenvalue weighted by atomic mass is 10.2. The lowest BCUT2D eigenvalue weighted by Crippen LogP contribution is -2.05. The van der Waals surface area contributed by atoms with Crippen LogP contribution >= 0.6 is 0 Å². The third kappa shape index (κ3) is 1.87. The van der Waals surface area contributed by atoms with Crippen LogP contribution in [0.2, 0.25) is 0 Å². The summed E-state index contributed by atoms with van der Waals surface area (Å²) in [7, 11) is 0. The van der Waals surface area contributed by atoms with Gasteiger partial charge in [-0.15, -0.1) is 0 Å². The van der Waals surface area contributed by atoms with Gasteiger partial charge in [-0.3, -0.25) is 14.9 Å². The van der Waals surface area contributed by atoms with Crippen LogP contribution in [0.15, 0.2) is 6.07 Å². The Kier molecular flexibility index (Phi) is 2.88. The van der Waals surface area contributed by atoms with Crippen LogP contribution in [0, 0.1) is 27.6 Å². The Morgan fingerprint density at radius 2 is 1.93 bits per heavy atom. The smallest absolute Gasteiger partial charge is 0.323 e. The van der Waals surface area contributed by atoms with E-state index in [-0.39, 0.29) is 6.41 Å². The normalized spacial score (nSPS) is 9.80. The van der Waals surface area contributed by atoms with Crippen molar-refractivity contribution in [3.05, 3.63) is 33.6 Å². The van der Waals surface area contributed by atoms with Crippen molar-refractivity contribution in [2.45, 2.75) is 0 Å². The van der Waals surface area contributed by atoms with Gasteiger partial charge in [-0.1, -0.05) is 0 Å². The molecule has 0 aromatic heterocycles. The molecule has 1 aromatic rings. The van der Waals surface area contributed by atoms with Gasteiger partial charge in [0.1, 0.15) is 5.69 Å². The Bertz CT molecular complexity index is 436. The lowest BCUT2D eigenvalue weighted by Gasteiger charge is -2.03. The summed E-state index contributed by atoms with van der Waals surface area (Å²) in [6.07, 6.45) is -0.0148. The number of rotatable bonds is 3. The first-order chi connectivity index (χ1) is 6.99. The first kappa shape index (κ1) is 11.0. The van der Waals surface area contributed by atoms with Crippen LogP contribution < -0.4 is 5.32 Å². The molecule has 0 aliphatic heterocycles. The van der Waals surface area contributed by atoms with Gasteiger partial charge in [0.05, 0.1) is 4.92 Å². The van der Waals surface area contributed by atoms with Crippen LogP contribution in [0.3, 0.4) is 0 Å². The molecule has 0 saturated heterocycles. The SMILES string of the molecule is O=CNc1cc(F)c(F)c(F)c1[N+](=O)[O-]. The fraction of sp³-hybridized carbons (Fsp3) is 0. The number of hydrogen-bond donors (Lipinski definition) is 1. The van der Waals surface area contributed by atoms with E-state index in [9.17, 15) is 28.1 Å². The first-order valence-corrected chi connectivity index (χ1v) is 3.51. The highest BCUT2D eigenvalue weighted by atomic mass is 19.2. The zero-order valence-corrected chi connectivity index (χ0v) is 6.96.